The van der Waals surface area contributed by atoms with Gasteiger partial charge in [0.05, 0.1) is 5.60 Å². The maximum Gasteiger partial charge on any atom is 0.129 e. The van der Waals surface area contributed by atoms with Gasteiger partial charge in [0.2, 0.25) is 0 Å². The van der Waals surface area contributed by atoms with Gasteiger partial charge in [0, 0.05) is 5.56 Å². The van der Waals surface area contributed by atoms with Gasteiger partial charge < -0.3 is 10.2 Å². The lowest BCUT2D eigenvalue weighted by molar-refractivity contribution is -0.100. The molecule has 0 aromatic heterocycles. The molecule has 0 bridgehead atoms. The minimum atomic E-state index is -1.16. The highest BCUT2D eigenvalue weighted by molar-refractivity contribution is 5.27. The van der Waals surface area contributed by atoms with Gasteiger partial charge in [0.1, 0.15) is 11.9 Å². The third-order valence-corrected chi connectivity index (χ3v) is 3.67. The van der Waals surface area contributed by atoms with E-state index in [1.807, 2.05) is 6.92 Å². The number of aliphatic hydroxyl groups is 2. The largest absolute Gasteiger partial charge is 0.387 e. The second-order valence-corrected chi connectivity index (χ2v) is 5.09. The third-order valence-electron chi connectivity index (χ3n) is 3.67. The molecule has 1 aromatic rings. The second kappa shape index (κ2) is 4.75. The first-order chi connectivity index (χ1) is 8.03. The third kappa shape index (κ3) is 2.50. The van der Waals surface area contributed by atoms with E-state index in [9.17, 15) is 14.6 Å². The average molecular weight is 238 g/mol. The Morgan fingerprint density at radius 1 is 1.24 bits per heavy atom. The van der Waals surface area contributed by atoms with Crippen molar-refractivity contribution in [2.75, 3.05) is 0 Å². The van der Waals surface area contributed by atoms with Gasteiger partial charge in [-0.2, -0.15) is 0 Å². The molecule has 1 aliphatic rings. The van der Waals surface area contributed by atoms with Gasteiger partial charge in [-0.1, -0.05) is 37.0 Å². The van der Waals surface area contributed by atoms with Crippen LogP contribution in [0.1, 0.15) is 49.3 Å². The van der Waals surface area contributed by atoms with Crippen molar-refractivity contribution in [2.45, 2.75) is 50.7 Å². The highest BCUT2D eigenvalue weighted by atomic mass is 19.1. The SMILES string of the molecule is Cc1ccc(F)c(C(O)C2(O)CCCCC2)c1. The van der Waals surface area contributed by atoms with Crippen molar-refractivity contribution in [3.63, 3.8) is 0 Å². The zero-order chi connectivity index (χ0) is 12.5. The Labute approximate surface area is 101 Å². The molecule has 1 aromatic carbocycles. The Bertz CT molecular complexity index is 397. The summed E-state index contributed by atoms with van der Waals surface area (Å²) >= 11 is 0. The van der Waals surface area contributed by atoms with Crippen LogP contribution in [-0.2, 0) is 0 Å². The van der Waals surface area contributed by atoms with Gasteiger partial charge in [-0.05, 0) is 25.8 Å². The van der Waals surface area contributed by atoms with Crippen LogP contribution in [0.15, 0.2) is 18.2 Å². The van der Waals surface area contributed by atoms with Crippen molar-refractivity contribution in [1.82, 2.24) is 0 Å². The minimum Gasteiger partial charge on any atom is -0.387 e. The molecule has 2 rings (SSSR count). The summed E-state index contributed by atoms with van der Waals surface area (Å²) in [5.74, 6) is -0.443. The van der Waals surface area contributed by atoms with E-state index >= 15 is 0 Å². The molecular formula is C14H19FO2. The van der Waals surface area contributed by atoms with E-state index in [4.69, 9.17) is 0 Å². The smallest absolute Gasteiger partial charge is 0.129 e. The highest BCUT2D eigenvalue weighted by Gasteiger charge is 2.38. The summed E-state index contributed by atoms with van der Waals surface area (Å²) in [6.07, 6.45) is 2.82. The Hall–Kier alpha value is -0.930. The van der Waals surface area contributed by atoms with Crippen LogP contribution in [0.5, 0.6) is 0 Å². The zero-order valence-corrected chi connectivity index (χ0v) is 10.1. The molecule has 3 heteroatoms. The Morgan fingerprint density at radius 2 is 1.88 bits per heavy atom. The van der Waals surface area contributed by atoms with Crippen LogP contribution in [0.25, 0.3) is 0 Å². The molecule has 0 saturated heterocycles. The van der Waals surface area contributed by atoms with E-state index in [1.165, 1.54) is 6.07 Å². The van der Waals surface area contributed by atoms with Gasteiger partial charge in [-0.25, -0.2) is 4.39 Å². The Kier molecular flexibility index (Phi) is 3.50. The summed E-state index contributed by atoms with van der Waals surface area (Å²) in [7, 11) is 0. The van der Waals surface area contributed by atoms with Crippen LogP contribution < -0.4 is 0 Å². The van der Waals surface area contributed by atoms with Gasteiger partial charge in [0.15, 0.2) is 0 Å². The molecule has 94 valence electrons. The quantitative estimate of drug-likeness (QED) is 0.831. The molecule has 2 nitrogen and oxygen atoms in total. The van der Waals surface area contributed by atoms with Crippen molar-refractivity contribution in [2.24, 2.45) is 0 Å². The van der Waals surface area contributed by atoms with Crippen LogP contribution in [0.2, 0.25) is 0 Å². The molecule has 0 aliphatic heterocycles. The van der Waals surface area contributed by atoms with E-state index < -0.39 is 17.5 Å². The second-order valence-electron chi connectivity index (χ2n) is 5.09. The van der Waals surface area contributed by atoms with Crippen LogP contribution in [0.3, 0.4) is 0 Å². The normalized spacial score (nSPS) is 21.2. The monoisotopic (exact) mass is 238 g/mol. The maximum absolute atomic E-state index is 13.7. The first-order valence-corrected chi connectivity index (χ1v) is 6.19. The van der Waals surface area contributed by atoms with Crippen molar-refractivity contribution >= 4 is 0 Å². The lowest BCUT2D eigenvalue weighted by Gasteiger charge is -2.36. The molecule has 2 N–H and O–H groups in total. The molecule has 0 radical (unpaired) electrons. The summed E-state index contributed by atoms with van der Waals surface area (Å²) in [6.45, 7) is 1.85. The van der Waals surface area contributed by atoms with Crippen molar-refractivity contribution in [3.05, 3.63) is 35.1 Å². The molecule has 17 heavy (non-hydrogen) atoms. The van der Waals surface area contributed by atoms with Gasteiger partial charge in [-0.15, -0.1) is 0 Å². The summed E-state index contributed by atoms with van der Waals surface area (Å²) in [6, 6.07) is 4.63. The summed E-state index contributed by atoms with van der Waals surface area (Å²) in [5.41, 5.74) is -0.0540. The molecule has 1 saturated carbocycles. The van der Waals surface area contributed by atoms with E-state index in [-0.39, 0.29) is 5.56 Å². The molecule has 0 amide bonds. The number of hydrogen-bond donors (Lipinski definition) is 2. The minimum absolute atomic E-state index is 0.217. The zero-order valence-electron chi connectivity index (χ0n) is 10.1. The van der Waals surface area contributed by atoms with Gasteiger partial charge in [0.25, 0.3) is 0 Å². The van der Waals surface area contributed by atoms with Crippen LogP contribution in [-0.4, -0.2) is 15.8 Å². The number of rotatable bonds is 2. The van der Waals surface area contributed by atoms with Crippen molar-refractivity contribution in [3.8, 4) is 0 Å². The lowest BCUT2D eigenvalue weighted by Crippen LogP contribution is -2.38. The van der Waals surface area contributed by atoms with E-state index in [1.54, 1.807) is 12.1 Å². The topological polar surface area (TPSA) is 40.5 Å². The maximum atomic E-state index is 13.7. The van der Waals surface area contributed by atoms with Crippen LogP contribution in [0.4, 0.5) is 4.39 Å². The standard InChI is InChI=1S/C14H19FO2/c1-10-5-6-12(15)11(9-10)13(16)14(17)7-3-2-4-8-14/h5-6,9,13,16-17H,2-4,7-8H2,1H3. The molecule has 0 spiro atoms. The number of benzene rings is 1. The highest BCUT2D eigenvalue weighted by Crippen LogP contribution is 2.39. The van der Waals surface area contributed by atoms with Crippen LogP contribution in [0, 0.1) is 12.7 Å². The Balaban J connectivity index is 2.29. The fourth-order valence-electron chi connectivity index (χ4n) is 2.60. The van der Waals surface area contributed by atoms with Crippen LogP contribution >= 0.6 is 0 Å². The van der Waals surface area contributed by atoms with Crippen molar-refractivity contribution in [1.29, 1.82) is 0 Å². The fraction of sp³-hybridized carbons (Fsp3) is 0.571. The number of aryl methyl sites for hydroxylation is 1. The number of aliphatic hydroxyl groups excluding tert-OH is 1. The predicted molar refractivity (Wildman–Crippen MR) is 64.1 cm³/mol. The number of hydrogen-bond acceptors (Lipinski definition) is 2. The predicted octanol–water partition coefficient (Wildman–Crippen LogP) is 2.86. The first-order valence-electron chi connectivity index (χ1n) is 6.19. The molecule has 1 atom stereocenters. The fourth-order valence-corrected chi connectivity index (χ4v) is 2.60. The van der Waals surface area contributed by atoms with Crippen molar-refractivity contribution < 1.29 is 14.6 Å². The van der Waals surface area contributed by atoms with Gasteiger partial charge >= 0.3 is 0 Å². The summed E-state index contributed by atoms with van der Waals surface area (Å²) < 4.78 is 13.7. The van der Waals surface area contributed by atoms with E-state index in [2.05, 4.69) is 0 Å². The molecular weight excluding hydrogens is 219 g/mol. The van der Waals surface area contributed by atoms with Gasteiger partial charge in [-0.3, -0.25) is 0 Å². The summed E-state index contributed by atoms with van der Waals surface area (Å²) in [5, 5.41) is 20.6. The van der Waals surface area contributed by atoms with E-state index in [0.29, 0.717) is 12.8 Å². The first kappa shape index (κ1) is 12.5. The molecule has 1 aliphatic carbocycles. The number of halogens is 1. The Morgan fingerprint density at radius 3 is 2.53 bits per heavy atom. The lowest BCUT2D eigenvalue weighted by atomic mass is 9.78. The molecule has 1 unspecified atom stereocenters. The molecule has 0 heterocycles. The molecule has 1 fully saturated rings. The summed E-state index contributed by atoms with van der Waals surface area (Å²) in [4.78, 5) is 0. The van der Waals surface area contributed by atoms with E-state index in [0.717, 1.165) is 24.8 Å². The average Bonchev–Trinajstić information content (AvgIpc) is 2.32.